The maximum Gasteiger partial charge on any atom is 0.150 e. The molecule has 0 N–H and O–H groups in total. The molecular weight excluding hydrogens is 176 g/mol. The van der Waals surface area contributed by atoms with Gasteiger partial charge in [0.05, 0.1) is 17.9 Å². The van der Waals surface area contributed by atoms with Crippen molar-refractivity contribution in [1.29, 1.82) is 0 Å². The van der Waals surface area contributed by atoms with Gasteiger partial charge in [-0.3, -0.25) is 0 Å². The first kappa shape index (κ1) is 7.80. The fraction of sp³-hybridized carbons (Fsp3) is 0.500. The van der Waals surface area contributed by atoms with Gasteiger partial charge in [0.1, 0.15) is 6.29 Å². The van der Waals surface area contributed by atoms with Gasteiger partial charge in [0.2, 0.25) is 0 Å². The van der Waals surface area contributed by atoms with Crippen LogP contribution < -0.4 is 0 Å². The Morgan fingerprint density at radius 1 is 1.75 bits per heavy atom. The highest BCUT2D eigenvalue weighted by Crippen LogP contribution is 2.30. The summed E-state index contributed by atoms with van der Waals surface area (Å²) in [5.74, 6) is -0.0475. The highest BCUT2D eigenvalue weighted by Gasteiger charge is 2.23. The number of fused-ring (bicyclic) bond motifs is 1. The molecule has 2 rings (SSSR count). The molecule has 0 radical (unpaired) electrons. The molecule has 0 fully saturated rings. The summed E-state index contributed by atoms with van der Waals surface area (Å²) in [6.45, 7) is 0.930. The van der Waals surface area contributed by atoms with E-state index in [0.717, 1.165) is 31.4 Å². The lowest BCUT2D eigenvalue weighted by molar-refractivity contribution is -0.109. The van der Waals surface area contributed by atoms with Crippen LogP contribution in [0, 0.1) is 0 Å². The molecule has 1 atom stereocenters. The number of nitrogens with zero attached hydrogens (tertiary/aromatic N) is 2. The summed E-state index contributed by atoms with van der Waals surface area (Å²) in [7, 11) is 0. The van der Waals surface area contributed by atoms with Crippen LogP contribution in [0.25, 0.3) is 0 Å². The van der Waals surface area contributed by atoms with Crippen molar-refractivity contribution in [2.75, 3.05) is 0 Å². The van der Waals surface area contributed by atoms with E-state index in [-0.39, 0.29) is 5.92 Å². The summed E-state index contributed by atoms with van der Waals surface area (Å²) in [4.78, 5) is 14.6. The van der Waals surface area contributed by atoms with Crippen LogP contribution in [0.4, 0.5) is 0 Å². The minimum atomic E-state index is -0.0475. The van der Waals surface area contributed by atoms with Crippen molar-refractivity contribution in [3.8, 4) is 0 Å². The van der Waals surface area contributed by atoms with Crippen LogP contribution in [-0.2, 0) is 11.3 Å². The van der Waals surface area contributed by atoms with E-state index >= 15 is 0 Å². The number of aryl methyl sites for hydroxylation is 1. The smallest absolute Gasteiger partial charge is 0.150 e. The zero-order valence-electron chi connectivity index (χ0n) is 6.53. The second-order valence-corrected chi connectivity index (χ2v) is 3.36. The van der Waals surface area contributed by atoms with Crippen LogP contribution in [-0.4, -0.2) is 15.8 Å². The number of carbonyl (C=O) groups is 1. The van der Waals surface area contributed by atoms with E-state index in [9.17, 15) is 4.79 Å². The van der Waals surface area contributed by atoms with E-state index in [1.807, 2.05) is 4.57 Å². The Kier molecular flexibility index (Phi) is 1.89. The Labute approximate surface area is 75.4 Å². The van der Waals surface area contributed by atoms with Gasteiger partial charge in [-0.1, -0.05) is 11.6 Å². The summed E-state index contributed by atoms with van der Waals surface area (Å²) in [5.41, 5.74) is 0.887. The molecule has 3 nitrogen and oxygen atoms in total. The molecule has 1 aromatic rings. The zero-order chi connectivity index (χ0) is 8.55. The van der Waals surface area contributed by atoms with Gasteiger partial charge in [-0.25, -0.2) is 4.98 Å². The van der Waals surface area contributed by atoms with Gasteiger partial charge in [0, 0.05) is 6.54 Å². The lowest BCUT2D eigenvalue weighted by Crippen LogP contribution is -2.15. The molecule has 1 aromatic heterocycles. The third kappa shape index (κ3) is 1.05. The van der Waals surface area contributed by atoms with Crippen molar-refractivity contribution < 1.29 is 4.79 Å². The van der Waals surface area contributed by atoms with Gasteiger partial charge in [0.25, 0.3) is 0 Å². The van der Waals surface area contributed by atoms with E-state index in [2.05, 4.69) is 4.98 Å². The summed E-state index contributed by atoms with van der Waals surface area (Å²) in [6.07, 6.45) is 4.59. The Balaban J connectivity index is 2.47. The molecule has 0 aliphatic carbocycles. The first-order valence-corrected chi connectivity index (χ1v) is 4.36. The molecule has 0 aromatic carbocycles. The molecule has 0 bridgehead atoms. The summed E-state index contributed by atoms with van der Waals surface area (Å²) < 4.78 is 1.96. The van der Waals surface area contributed by atoms with Crippen LogP contribution >= 0.6 is 11.6 Å². The molecular formula is C8H9ClN2O. The van der Waals surface area contributed by atoms with Crippen LogP contribution in [0.1, 0.15) is 24.5 Å². The third-order valence-electron chi connectivity index (χ3n) is 2.26. The van der Waals surface area contributed by atoms with Crippen LogP contribution in [0.3, 0.4) is 0 Å². The van der Waals surface area contributed by atoms with E-state index in [4.69, 9.17) is 11.6 Å². The molecule has 2 heterocycles. The zero-order valence-corrected chi connectivity index (χ0v) is 7.29. The Morgan fingerprint density at radius 2 is 2.58 bits per heavy atom. The van der Waals surface area contributed by atoms with E-state index in [0.29, 0.717) is 5.15 Å². The highest BCUT2D eigenvalue weighted by molar-refractivity contribution is 6.30. The second kappa shape index (κ2) is 2.90. The third-order valence-corrected chi connectivity index (χ3v) is 2.55. The van der Waals surface area contributed by atoms with Gasteiger partial charge in [-0.2, -0.15) is 0 Å². The molecule has 64 valence electrons. The number of halogens is 1. The minimum absolute atomic E-state index is 0.0475. The van der Waals surface area contributed by atoms with Gasteiger partial charge < -0.3 is 9.36 Å². The SMILES string of the molecule is O=CC1CCCn2cnc(Cl)c21. The average Bonchev–Trinajstić information content (AvgIpc) is 2.48. The monoisotopic (exact) mass is 184 g/mol. The number of hydrogen-bond donors (Lipinski definition) is 0. The first-order chi connectivity index (χ1) is 5.83. The van der Waals surface area contributed by atoms with Crippen molar-refractivity contribution in [1.82, 2.24) is 9.55 Å². The standard InChI is InChI=1S/C8H9ClN2O/c9-8-7-6(4-12)2-1-3-11(7)5-10-8/h4-6H,1-3H2. The molecule has 0 saturated heterocycles. The molecule has 1 unspecified atom stereocenters. The van der Waals surface area contributed by atoms with Crippen molar-refractivity contribution >= 4 is 17.9 Å². The summed E-state index contributed by atoms with van der Waals surface area (Å²) >= 11 is 5.84. The van der Waals surface area contributed by atoms with Crippen LogP contribution in [0.2, 0.25) is 5.15 Å². The number of aromatic nitrogens is 2. The van der Waals surface area contributed by atoms with Gasteiger partial charge >= 0.3 is 0 Å². The largest absolute Gasteiger partial charge is 0.333 e. The number of aldehydes is 1. The molecule has 12 heavy (non-hydrogen) atoms. The quantitative estimate of drug-likeness (QED) is 0.622. The normalized spacial score (nSPS) is 21.9. The lowest BCUT2D eigenvalue weighted by atomic mass is 9.98. The molecule has 0 amide bonds. The van der Waals surface area contributed by atoms with Crippen molar-refractivity contribution in [2.24, 2.45) is 0 Å². The molecule has 0 saturated carbocycles. The van der Waals surface area contributed by atoms with Crippen molar-refractivity contribution in [3.05, 3.63) is 17.2 Å². The fourth-order valence-electron chi connectivity index (χ4n) is 1.66. The molecule has 0 spiro atoms. The highest BCUT2D eigenvalue weighted by atomic mass is 35.5. The maximum absolute atomic E-state index is 10.7. The van der Waals surface area contributed by atoms with Gasteiger partial charge in [-0.15, -0.1) is 0 Å². The fourth-order valence-corrected chi connectivity index (χ4v) is 1.95. The number of hydrogen-bond acceptors (Lipinski definition) is 2. The van der Waals surface area contributed by atoms with Crippen molar-refractivity contribution in [3.63, 3.8) is 0 Å². The van der Waals surface area contributed by atoms with E-state index in [1.165, 1.54) is 0 Å². The Bertz CT molecular complexity index is 308. The van der Waals surface area contributed by atoms with Crippen LogP contribution in [0.5, 0.6) is 0 Å². The molecule has 1 aliphatic heterocycles. The van der Waals surface area contributed by atoms with E-state index < -0.39 is 0 Å². The average molecular weight is 185 g/mol. The summed E-state index contributed by atoms with van der Waals surface area (Å²) in [5, 5.41) is 0.479. The molecule has 1 aliphatic rings. The minimum Gasteiger partial charge on any atom is -0.333 e. The van der Waals surface area contributed by atoms with Crippen LogP contribution in [0.15, 0.2) is 6.33 Å². The predicted molar refractivity (Wildman–Crippen MR) is 45.3 cm³/mol. The van der Waals surface area contributed by atoms with Gasteiger partial charge in [-0.05, 0) is 12.8 Å². The Morgan fingerprint density at radius 3 is 3.33 bits per heavy atom. The van der Waals surface area contributed by atoms with E-state index in [1.54, 1.807) is 6.33 Å². The lowest BCUT2D eigenvalue weighted by Gasteiger charge is -2.19. The van der Waals surface area contributed by atoms with Crippen molar-refractivity contribution in [2.45, 2.75) is 25.3 Å². The summed E-state index contributed by atoms with van der Waals surface area (Å²) in [6, 6.07) is 0. The number of rotatable bonds is 1. The predicted octanol–water partition coefficient (Wildman–Crippen LogP) is 1.61. The number of imidazole rings is 1. The maximum atomic E-state index is 10.7. The molecule has 4 heteroatoms. The topological polar surface area (TPSA) is 34.9 Å². The first-order valence-electron chi connectivity index (χ1n) is 3.98. The number of carbonyl (C=O) groups excluding carboxylic acids is 1. The Hall–Kier alpha value is -0.830. The second-order valence-electron chi connectivity index (χ2n) is 3.00. The van der Waals surface area contributed by atoms with Gasteiger partial charge in [0.15, 0.2) is 5.15 Å².